The van der Waals surface area contributed by atoms with Crippen LogP contribution in [-0.2, 0) is 11.2 Å². The number of benzene rings is 3. The van der Waals surface area contributed by atoms with Crippen molar-refractivity contribution >= 4 is 5.97 Å². The molecule has 3 aromatic rings. The maximum absolute atomic E-state index is 12.4. The molecule has 0 saturated heterocycles. The molecule has 28 heavy (non-hydrogen) atoms. The first-order valence-corrected chi connectivity index (χ1v) is 10.1. The van der Waals surface area contributed by atoms with Gasteiger partial charge in [-0.15, -0.1) is 0 Å². The molecule has 0 aliphatic rings. The fourth-order valence-electron chi connectivity index (χ4n) is 3.26. The maximum atomic E-state index is 12.4. The number of carbonyl (C=O) groups is 1. The lowest BCUT2D eigenvalue weighted by molar-refractivity contribution is 0.0338. The number of hydrogen-bond acceptors (Lipinski definition) is 2. The molecule has 0 bridgehead atoms. The third kappa shape index (κ3) is 5.32. The van der Waals surface area contributed by atoms with Crippen molar-refractivity contribution in [3.8, 4) is 11.1 Å². The summed E-state index contributed by atoms with van der Waals surface area (Å²) in [5.74, 6) is -0.297. The molecule has 2 heteroatoms. The Labute approximate surface area is 168 Å². The van der Waals surface area contributed by atoms with Crippen LogP contribution in [0, 0.1) is 0 Å². The van der Waals surface area contributed by atoms with Crippen molar-refractivity contribution in [1.29, 1.82) is 0 Å². The molecule has 0 radical (unpaired) electrons. The van der Waals surface area contributed by atoms with E-state index in [0.29, 0.717) is 5.56 Å². The van der Waals surface area contributed by atoms with Gasteiger partial charge in [0.05, 0.1) is 5.56 Å². The highest BCUT2D eigenvalue weighted by Crippen LogP contribution is 2.23. The van der Waals surface area contributed by atoms with Crippen molar-refractivity contribution in [2.75, 3.05) is 0 Å². The first-order valence-electron chi connectivity index (χ1n) is 10.1. The van der Waals surface area contributed by atoms with Crippen LogP contribution >= 0.6 is 0 Å². The van der Waals surface area contributed by atoms with Crippen LogP contribution in [0.1, 0.15) is 60.7 Å². The molecule has 0 saturated carbocycles. The van der Waals surface area contributed by atoms with Crippen LogP contribution in [0.2, 0.25) is 0 Å². The van der Waals surface area contributed by atoms with Gasteiger partial charge in [0.1, 0.15) is 6.10 Å². The molecule has 0 N–H and O–H groups in total. The van der Waals surface area contributed by atoms with Gasteiger partial charge in [0.25, 0.3) is 0 Å². The minimum atomic E-state index is -0.297. The summed E-state index contributed by atoms with van der Waals surface area (Å²) >= 11 is 0. The Balaban J connectivity index is 1.62. The number of ether oxygens (including phenoxy) is 1. The molecule has 1 atom stereocenters. The fraction of sp³-hybridized carbons (Fsp3) is 0.269. The second-order valence-electron chi connectivity index (χ2n) is 7.19. The topological polar surface area (TPSA) is 26.3 Å². The molecular weight excluding hydrogens is 344 g/mol. The minimum Gasteiger partial charge on any atom is -0.454 e. The molecule has 144 valence electrons. The molecule has 0 heterocycles. The summed E-state index contributed by atoms with van der Waals surface area (Å²) in [7, 11) is 0. The van der Waals surface area contributed by atoms with Gasteiger partial charge in [-0.2, -0.15) is 0 Å². The van der Waals surface area contributed by atoms with Gasteiger partial charge in [-0.3, -0.25) is 0 Å². The largest absolute Gasteiger partial charge is 0.454 e. The normalized spacial score (nSPS) is 11.8. The Morgan fingerprint density at radius 1 is 0.821 bits per heavy atom. The Morgan fingerprint density at radius 3 is 2.04 bits per heavy atom. The van der Waals surface area contributed by atoms with Gasteiger partial charge in [0.15, 0.2) is 0 Å². The lowest BCUT2D eigenvalue weighted by atomic mass is 10.0. The molecule has 0 aliphatic carbocycles. The van der Waals surface area contributed by atoms with Crippen molar-refractivity contribution in [3.63, 3.8) is 0 Å². The van der Waals surface area contributed by atoms with Gasteiger partial charge in [-0.1, -0.05) is 86.5 Å². The summed E-state index contributed by atoms with van der Waals surface area (Å²) in [5.41, 5.74) is 5.21. The number of esters is 1. The van der Waals surface area contributed by atoms with Crippen LogP contribution in [0.4, 0.5) is 0 Å². The third-order valence-corrected chi connectivity index (χ3v) is 5.03. The van der Waals surface area contributed by atoms with Gasteiger partial charge in [0, 0.05) is 0 Å². The van der Waals surface area contributed by atoms with E-state index in [2.05, 4.69) is 31.2 Å². The smallest absolute Gasteiger partial charge is 0.338 e. The van der Waals surface area contributed by atoms with Crippen molar-refractivity contribution in [2.45, 2.75) is 45.6 Å². The van der Waals surface area contributed by atoms with Crippen LogP contribution in [0.3, 0.4) is 0 Å². The summed E-state index contributed by atoms with van der Waals surface area (Å²) in [5, 5.41) is 0. The average molecular weight is 373 g/mol. The quantitative estimate of drug-likeness (QED) is 0.314. The fourth-order valence-corrected chi connectivity index (χ4v) is 3.26. The summed E-state index contributed by atoms with van der Waals surface area (Å²) in [4.78, 5) is 12.4. The van der Waals surface area contributed by atoms with Crippen LogP contribution in [0.5, 0.6) is 0 Å². The van der Waals surface area contributed by atoms with E-state index in [1.807, 2.05) is 61.5 Å². The van der Waals surface area contributed by atoms with E-state index >= 15 is 0 Å². The zero-order valence-corrected chi connectivity index (χ0v) is 16.7. The van der Waals surface area contributed by atoms with Crippen molar-refractivity contribution < 1.29 is 9.53 Å². The van der Waals surface area contributed by atoms with Gasteiger partial charge >= 0.3 is 5.97 Å². The predicted molar refractivity (Wildman–Crippen MR) is 115 cm³/mol. The van der Waals surface area contributed by atoms with Crippen molar-refractivity contribution in [3.05, 3.63) is 95.6 Å². The molecule has 2 nitrogen and oxygen atoms in total. The first-order chi connectivity index (χ1) is 13.7. The first kappa shape index (κ1) is 19.9. The molecule has 3 rings (SSSR count). The monoisotopic (exact) mass is 372 g/mol. The van der Waals surface area contributed by atoms with E-state index in [0.717, 1.165) is 23.1 Å². The Morgan fingerprint density at radius 2 is 1.43 bits per heavy atom. The third-order valence-electron chi connectivity index (χ3n) is 5.03. The lowest BCUT2D eigenvalue weighted by Crippen LogP contribution is -2.09. The van der Waals surface area contributed by atoms with E-state index < -0.39 is 0 Å². The highest BCUT2D eigenvalue weighted by molar-refractivity contribution is 5.90. The number of rotatable bonds is 8. The molecule has 0 unspecified atom stereocenters. The van der Waals surface area contributed by atoms with Crippen molar-refractivity contribution in [2.24, 2.45) is 0 Å². The van der Waals surface area contributed by atoms with E-state index in [9.17, 15) is 4.79 Å². The van der Waals surface area contributed by atoms with Crippen LogP contribution in [-0.4, -0.2) is 5.97 Å². The summed E-state index contributed by atoms with van der Waals surface area (Å²) < 4.78 is 5.59. The number of carbonyl (C=O) groups excluding carboxylic acids is 1. The second kappa shape index (κ2) is 9.89. The van der Waals surface area contributed by atoms with Crippen LogP contribution in [0.15, 0.2) is 78.9 Å². The average Bonchev–Trinajstić information content (AvgIpc) is 2.75. The van der Waals surface area contributed by atoms with Crippen LogP contribution < -0.4 is 0 Å². The SMILES string of the molecule is CCCCCc1ccc(-c2ccc(C(=O)O[C@@H](C)c3ccccc3)cc2)cc1. The van der Waals surface area contributed by atoms with Gasteiger partial charge in [0.2, 0.25) is 0 Å². The predicted octanol–water partition coefficient (Wildman–Crippen LogP) is 7.00. The number of unbranched alkanes of at least 4 members (excludes halogenated alkanes) is 2. The number of aryl methyl sites for hydroxylation is 1. The summed E-state index contributed by atoms with van der Waals surface area (Å²) in [6, 6.07) is 26.1. The van der Waals surface area contributed by atoms with Gasteiger partial charge in [-0.25, -0.2) is 4.79 Å². The van der Waals surface area contributed by atoms with E-state index in [1.165, 1.54) is 24.8 Å². The Hall–Kier alpha value is -2.87. The molecule has 0 fully saturated rings. The summed E-state index contributed by atoms with van der Waals surface area (Å²) in [6.07, 6.45) is 4.64. The Kier molecular flexibility index (Phi) is 7.02. The van der Waals surface area contributed by atoms with Crippen LogP contribution in [0.25, 0.3) is 11.1 Å². The number of hydrogen-bond donors (Lipinski definition) is 0. The van der Waals surface area contributed by atoms with Gasteiger partial charge in [-0.05, 0) is 54.2 Å². The zero-order valence-electron chi connectivity index (χ0n) is 16.7. The van der Waals surface area contributed by atoms with Crippen molar-refractivity contribution in [1.82, 2.24) is 0 Å². The molecule has 0 amide bonds. The standard InChI is InChI=1S/C26H28O2/c1-3-4-6-9-21-12-14-23(15-13-21)24-16-18-25(19-17-24)26(27)28-20(2)22-10-7-5-8-11-22/h5,7-8,10-20H,3-4,6,9H2,1-2H3/t20-/m0/s1. The van der Waals surface area contributed by atoms with Gasteiger partial charge < -0.3 is 4.74 Å². The highest BCUT2D eigenvalue weighted by Gasteiger charge is 2.13. The molecule has 3 aromatic carbocycles. The second-order valence-corrected chi connectivity index (χ2v) is 7.19. The Bertz CT molecular complexity index is 865. The summed E-state index contributed by atoms with van der Waals surface area (Å²) in [6.45, 7) is 4.12. The molecule has 0 spiro atoms. The maximum Gasteiger partial charge on any atom is 0.338 e. The molecular formula is C26H28O2. The highest BCUT2D eigenvalue weighted by atomic mass is 16.5. The molecule has 0 aromatic heterocycles. The molecule has 0 aliphatic heterocycles. The zero-order chi connectivity index (χ0) is 19.8. The lowest BCUT2D eigenvalue weighted by Gasteiger charge is -2.13. The van der Waals surface area contributed by atoms with E-state index in [1.54, 1.807) is 0 Å². The van der Waals surface area contributed by atoms with E-state index in [4.69, 9.17) is 4.74 Å². The minimum absolute atomic E-state index is 0.270. The van der Waals surface area contributed by atoms with E-state index in [-0.39, 0.29) is 12.1 Å².